The van der Waals surface area contributed by atoms with Crippen LogP contribution in [0.2, 0.25) is 0 Å². The zero-order valence-corrected chi connectivity index (χ0v) is 12.5. The minimum atomic E-state index is -0.775. The highest BCUT2D eigenvalue weighted by Gasteiger charge is 2.18. The molecule has 2 rings (SSSR count). The van der Waals surface area contributed by atoms with Gasteiger partial charge >= 0.3 is 0 Å². The molecule has 1 N–H and O–H groups in total. The lowest BCUT2D eigenvalue weighted by Crippen LogP contribution is -2.01. The standard InChI is InChI=1S/C13H15BrN2O3/c1-16-7-8(6-15-16)13(17)9-4-11(18-2)12(19-3)5-10(9)14/h4-7,13,17H,1-3H3. The molecule has 0 bridgehead atoms. The second-order valence-electron chi connectivity index (χ2n) is 4.08. The van der Waals surface area contributed by atoms with E-state index in [1.165, 1.54) is 0 Å². The fourth-order valence-corrected chi connectivity index (χ4v) is 2.38. The minimum absolute atomic E-state index is 0.573. The van der Waals surface area contributed by atoms with Gasteiger partial charge in [0.1, 0.15) is 6.10 Å². The number of nitrogens with zero attached hydrogens (tertiary/aromatic N) is 2. The Morgan fingerprint density at radius 2 is 1.89 bits per heavy atom. The normalized spacial score (nSPS) is 12.3. The van der Waals surface area contributed by atoms with Gasteiger partial charge < -0.3 is 14.6 Å². The molecule has 0 saturated carbocycles. The molecule has 0 amide bonds. The van der Waals surface area contributed by atoms with E-state index in [-0.39, 0.29) is 0 Å². The Morgan fingerprint density at radius 1 is 1.26 bits per heavy atom. The van der Waals surface area contributed by atoms with Gasteiger partial charge in [-0.3, -0.25) is 4.68 Å². The van der Waals surface area contributed by atoms with Crippen LogP contribution < -0.4 is 9.47 Å². The summed E-state index contributed by atoms with van der Waals surface area (Å²) < 4.78 is 12.9. The number of aryl methyl sites for hydroxylation is 1. The second-order valence-corrected chi connectivity index (χ2v) is 4.93. The minimum Gasteiger partial charge on any atom is -0.493 e. The van der Waals surface area contributed by atoms with Crippen molar-refractivity contribution in [3.05, 3.63) is 40.1 Å². The molecule has 0 saturated heterocycles. The Morgan fingerprint density at radius 3 is 2.42 bits per heavy atom. The van der Waals surface area contributed by atoms with E-state index >= 15 is 0 Å². The van der Waals surface area contributed by atoms with Crippen LogP contribution in [0.25, 0.3) is 0 Å². The van der Waals surface area contributed by atoms with E-state index in [1.807, 2.05) is 0 Å². The first kappa shape index (κ1) is 13.9. The maximum atomic E-state index is 10.4. The van der Waals surface area contributed by atoms with Crippen LogP contribution in [0, 0.1) is 0 Å². The Balaban J connectivity index is 2.44. The molecule has 1 unspecified atom stereocenters. The first-order valence-corrected chi connectivity index (χ1v) is 6.44. The number of rotatable bonds is 4. The Kier molecular flexibility index (Phi) is 4.11. The number of aliphatic hydroxyl groups excluding tert-OH is 1. The van der Waals surface area contributed by atoms with Crippen LogP contribution in [0.4, 0.5) is 0 Å². The van der Waals surface area contributed by atoms with Gasteiger partial charge in [0, 0.05) is 28.8 Å². The van der Waals surface area contributed by atoms with E-state index in [4.69, 9.17) is 9.47 Å². The summed E-state index contributed by atoms with van der Waals surface area (Å²) in [5.41, 5.74) is 1.42. The monoisotopic (exact) mass is 326 g/mol. The first-order chi connectivity index (χ1) is 9.06. The summed E-state index contributed by atoms with van der Waals surface area (Å²) in [4.78, 5) is 0. The summed E-state index contributed by atoms with van der Waals surface area (Å²) in [7, 11) is 4.94. The lowest BCUT2D eigenvalue weighted by atomic mass is 10.0. The summed E-state index contributed by atoms with van der Waals surface area (Å²) >= 11 is 3.43. The molecule has 1 heterocycles. The molecule has 1 aromatic heterocycles. The first-order valence-electron chi connectivity index (χ1n) is 5.64. The zero-order valence-electron chi connectivity index (χ0n) is 10.9. The maximum Gasteiger partial charge on any atom is 0.161 e. The molecule has 6 heteroatoms. The lowest BCUT2D eigenvalue weighted by Gasteiger charge is -2.15. The van der Waals surface area contributed by atoms with E-state index in [9.17, 15) is 5.11 Å². The number of methoxy groups -OCH3 is 2. The van der Waals surface area contributed by atoms with Crippen LogP contribution >= 0.6 is 15.9 Å². The van der Waals surface area contributed by atoms with Gasteiger partial charge in [0.2, 0.25) is 0 Å². The van der Waals surface area contributed by atoms with Crippen molar-refractivity contribution in [3.8, 4) is 11.5 Å². The number of aromatic nitrogens is 2. The van der Waals surface area contributed by atoms with Gasteiger partial charge in [-0.15, -0.1) is 0 Å². The molecule has 102 valence electrons. The highest BCUT2D eigenvalue weighted by Crippen LogP contribution is 2.37. The number of aliphatic hydroxyl groups is 1. The Bertz CT molecular complexity index is 583. The zero-order chi connectivity index (χ0) is 14.0. The average Bonchev–Trinajstić information content (AvgIpc) is 2.84. The lowest BCUT2D eigenvalue weighted by molar-refractivity contribution is 0.218. The van der Waals surface area contributed by atoms with E-state index in [0.29, 0.717) is 17.1 Å². The summed E-state index contributed by atoms with van der Waals surface area (Å²) in [6.07, 6.45) is 2.63. The molecule has 19 heavy (non-hydrogen) atoms. The maximum absolute atomic E-state index is 10.4. The van der Waals surface area contributed by atoms with Gasteiger partial charge in [-0.25, -0.2) is 0 Å². The molecule has 2 aromatic rings. The van der Waals surface area contributed by atoms with Crippen molar-refractivity contribution < 1.29 is 14.6 Å². The predicted molar refractivity (Wildman–Crippen MR) is 74.5 cm³/mol. The summed E-state index contributed by atoms with van der Waals surface area (Å²) in [6.45, 7) is 0. The van der Waals surface area contributed by atoms with Crippen molar-refractivity contribution in [2.24, 2.45) is 7.05 Å². The van der Waals surface area contributed by atoms with Gasteiger partial charge in [-0.05, 0) is 12.1 Å². The second kappa shape index (κ2) is 5.63. The summed E-state index contributed by atoms with van der Waals surface area (Å²) in [5.74, 6) is 1.18. The number of hydrogen-bond acceptors (Lipinski definition) is 4. The predicted octanol–water partition coefficient (Wildman–Crippen LogP) is 2.28. The van der Waals surface area contributed by atoms with Crippen molar-refractivity contribution in [3.63, 3.8) is 0 Å². The number of halogens is 1. The van der Waals surface area contributed by atoms with Crippen LogP contribution in [0.3, 0.4) is 0 Å². The summed E-state index contributed by atoms with van der Waals surface area (Å²) in [6, 6.07) is 3.52. The van der Waals surface area contributed by atoms with Crippen molar-refractivity contribution >= 4 is 15.9 Å². The van der Waals surface area contributed by atoms with Gasteiger partial charge in [0.25, 0.3) is 0 Å². The molecule has 0 aliphatic heterocycles. The third-order valence-electron chi connectivity index (χ3n) is 2.84. The molecule has 0 spiro atoms. The van der Waals surface area contributed by atoms with E-state index < -0.39 is 6.10 Å². The quantitative estimate of drug-likeness (QED) is 0.936. The van der Waals surface area contributed by atoms with E-state index in [0.717, 1.165) is 10.0 Å². The van der Waals surface area contributed by atoms with Crippen LogP contribution in [0.5, 0.6) is 11.5 Å². The Labute approximate surface area is 119 Å². The average molecular weight is 327 g/mol. The van der Waals surface area contributed by atoms with Crippen molar-refractivity contribution in [1.82, 2.24) is 9.78 Å². The van der Waals surface area contributed by atoms with Crippen molar-refractivity contribution in [2.75, 3.05) is 14.2 Å². The van der Waals surface area contributed by atoms with Gasteiger partial charge in [-0.2, -0.15) is 5.10 Å². The SMILES string of the molecule is COc1cc(Br)c(C(O)c2cnn(C)c2)cc1OC. The largest absolute Gasteiger partial charge is 0.493 e. The van der Waals surface area contributed by atoms with E-state index in [1.54, 1.807) is 50.5 Å². The molecular weight excluding hydrogens is 312 g/mol. The van der Waals surface area contributed by atoms with Crippen molar-refractivity contribution in [2.45, 2.75) is 6.10 Å². The third-order valence-corrected chi connectivity index (χ3v) is 3.52. The summed E-state index contributed by atoms with van der Waals surface area (Å²) in [5, 5.41) is 14.4. The topological polar surface area (TPSA) is 56.5 Å². The third kappa shape index (κ3) is 2.74. The van der Waals surface area contributed by atoms with Crippen molar-refractivity contribution in [1.29, 1.82) is 0 Å². The van der Waals surface area contributed by atoms with Crippen LogP contribution in [0.1, 0.15) is 17.2 Å². The molecule has 0 fully saturated rings. The fraction of sp³-hybridized carbons (Fsp3) is 0.308. The smallest absolute Gasteiger partial charge is 0.161 e. The molecule has 1 aromatic carbocycles. The van der Waals surface area contributed by atoms with Gasteiger partial charge in [0.05, 0.1) is 20.4 Å². The molecule has 5 nitrogen and oxygen atoms in total. The molecule has 0 aliphatic rings. The molecule has 0 radical (unpaired) electrons. The van der Waals surface area contributed by atoms with Crippen LogP contribution in [-0.2, 0) is 7.05 Å². The van der Waals surface area contributed by atoms with Crippen LogP contribution in [0.15, 0.2) is 29.0 Å². The highest BCUT2D eigenvalue weighted by atomic mass is 79.9. The number of ether oxygens (including phenoxy) is 2. The highest BCUT2D eigenvalue weighted by molar-refractivity contribution is 9.10. The fourth-order valence-electron chi connectivity index (χ4n) is 1.84. The van der Waals surface area contributed by atoms with Crippen LogP contribution in [-0.4, -0.2) is 29.1 Å². The number of benzene rings is 1. The van der Waals surface area contributed by atoms with Gasteiger partial charge in [0.15, 0.2) is 11.5 Å². The number of hydrogen-bond donors (Lipinski definition) is 1. The molecular formula is C13H15BrN2O3. The van der Waals surface area contributed by atoms with E-state index in [2.05, 4.69) is 21.0 Å². The molecule has 0 aliphatic carbocycles. The molecule has 1 atom stereocenters. The Hall–Kier alpha value is -1.53. The van der Waals surface area contributed by atoms with Gasteiger partial charge in [-0.1, -0.05) is 15.9 Å².